The van der Waals surface area contributed by atoms with Gasteiger partial charge in [-0.3, -0.25) is 4.90 Å². The summed E-state index contributed by atoms with van der Waals surface area (Å²) in [6, 6.07) is 0.697. The second-order valence-electron chi connectivity index (χ2n) is 5.68. The lowest BCUT2D eigenvalue weighted by Crippen LogP contribution is -2.47. The summed E-state index contributed by atoms with van der Waals surface area (Å²) >= 11 is 2.04. The molecular formula is C12H24N2OS. The second-order valence-corrected chi connectivity index (χ2v) is 7.48. The number of aliphatic hydroxyl groups excluding tert-OH is 1. The van der Waals surface area contributed by atoms with Crippen LogP contribution in [-0.2, 0) is 0 Å². The molecule has 2 fully saturated rings. The predicted octanol–water partition coefficient (Wildman–Crippen LogP) is 0.927. The molecule has 0 bridgehead atoms. The van der Waals surface area contributed by atoms with E-state index in [9.17, 15) is 5.11 Å². The molecule has 0 aromatic rings. The van der Waals surface area contributed by atoms with Gasteiger partial charge in [-0.1, -0.05) is 0 Å². The number of aliphatic hydroxyl groups is 1. The molecule has 16 heavy (non-hydrogen) atoms. The van der Waals surface area contributed by atoms with Crippen LogP contribution in [0.4, 0.5) is 0 Å². The quantitative estimate of drug-likeness (QED) is 0.754. The molecule has 2 N–H and O–H groups in total. The van der Waals surface area contributed by atoms with Gasteiger partial charge in [-0.2, -0.15) is 11.8 Å². The fourth-order valence-corrected chi connectivity index (χ4v) is 3.40. The van der Waals surface area contributed by atoms with E-state index in [0.717, 1.165) is 26.2 Å². The summed E-state index contributed by atoms with van der Waals surface area (Å²) in [5, 5.41) is 13.3. The predicted molar refractivity (Wildman–Crippen MR) is 70.0 cm³/mol. The highest BCUT2D eigenvalue weighted by molar-refractivity contribution is 8.00. The van der Waals surface area contributed by atoms with Gasteiger partial charge in [0, 0.05) is 42.7 Å². The fraction of sp³-hybridized carbons (Fsp3) is 1.00. The molecule has 0 spiro atoms. The average Bonchev–Trinajstić information content (AvgIpc) is 2.96. The van der Waals surface area contributed by atoms with Crippen molar-refractivity contribution in [2.45, 2.75) is 43.6 Å². The number of rotatable bonds is 5. The average molecular weight is 244 g/mol. The Balaban J connectivity index is 1.66. The third kappa shape index (κ3) is 4.24. The molecular weight excluding hydrogens is 220 g/mol. The Kier molecular flexibility index (Phi) is 4.16. The molecule has 0 amide bonds. The molecule has 1 heterocycles. The van der Waals surface area contributed by atoms with E-state index < -0.39 is 0 Å². The lowest BCUT2D eigenvalue weighted by molar-refractivity contribution is 0.108. The van der Waals surface area contributed by atoms with E-state index >= 15 is 0 Å². The highest BCUT2D eigenvalue weighted by Crippen LogP contribution is 2.29. The van der Waals surface area contributed by atoms with E-state index in [-0.39, 0.29) is 6.10 Å². The maximum atomic E-state index is 9.94. The van der Waals surface area contributed by atoms with Crippen LogP contribution in [0, 0.1) is 0 Å². The fourth-order valence-electron chi connectivity index (χ4n) is 2.22. The first-order chi connectivity index (χ1) is 7.55. The normalized spacial score (nSPS) is 27.9. The van der Waals surface area contributed by atoms with Gasteiger partial charge in [0.25, 0.3) is 0 Å². The van der Waals surface area contributed by atoms with Crippen molar-refractivity contribution in [3.8, 4) is 0 Å². The Bertz CT molecular complexity index is 231. The molecule has 1 unspecified atom stereocenters. The van der Waals surface area contributed by atoms with Crippen LogP contribution >= 0.6 is 11.8 Å². The minimum Gasteiger partial charge on any atom is -0.390 e. The van der Waals surface area contributed by atoms with E-state index in [1.807, 2.05) is 11.8 Å². The van der Waals surface area contributed by atoms with Crippen LogP contribution in [0.2, 0.25) is 0 Å². The molecule has 2 aliphatic rings. The lowest BCUT2D eigenvalue weighted by atomic mass is 10.1. The monoisotopic (exact) mass is 244 g/mol. The molecule has 1 saturated heterocycles. The van der Waals surface area contributed by atoms with Crippen LogP contribution in [0.1, 0.15) is 26.7 Å². The summed E-state index contributed by atoms with van der Waals surface area (Å²) in [4.78, 5) is 2.40. The van der Waals surface area contributed by atoms with Crippen molar-refractivity contribution in [2.24, 2.45) is 0 Å². The Hall–Kier alpha value is 0.230. The van der Waals surface area contributed by atoms with E-state index in [0.29, 0.717) is 10.8 Å². The van der Waals surface area contributed by atoms with Crippen LogP contribution in [-0.4, -0.2) is 58.8 Å². The van der Waals surface area contributed by atoms with Gasteiger partial charge in [0.05, 0.1) is 6.10 Å². The molecule has 1 saturated carbocycles. The Morgan fingerprint density at radius 1 is 1.50 bits per heavy atom. The topological polar surface area (TPSA) is 35.5 Å². The Morgan fingerprint density at radius 3 is 2.88 bits per heavy atom. The molecule has 4 heteroatoms. The number of hydrogen-bond donors (Lipinski definition) is 2. The zero-order valence-corrected chi connectivity index (χ0v) is 11.2. The highest BCUT2D eigenvalue weighted by atomic mass is 32.2. The van der Waals surface area contributed by atoms with Gasteiger partial charge < -0.3 is 10.4 Å². The van der Waals surface area contributed by atoms with E-state index in [4.69, 9.17) is 0 Å². The lowest BCUT2D eigenvalue weighted by Gasteiger charge is -2.38. The summed E-state index contributed by atoms with van der Waals surface area (Å²) in [5.74, 6) is 1.19. The zero-order chi connectivity index (χ0) is 11.6. The van der Waals surface area contributed by atoms with Crippen LogP contribution < -0.4 is 5.32 Å². The molecule has 1 aliphatic carbocycles. The van der Waals surface area contributed by atoms with Gasteiger partial charge in [0.2, 0.25) is 0 Å². The molecule has 0 aromatic heterocycles. The minimum atomic E-state index is -0.209. The summed E-state index contributed by atoms with van der Waals surface area (Å²) in [5.41, 5.74) is 0. The maximum Gasteiger partial charge on any atom is 0.0791 e. The zero-order valence-electron chi connectivity index (χ0n) is 10.4. The molecule has 0 aromatic carbocycles. The van der Waals surface area contributed by atoms with Crippen molar-refractivity contribution in [1.82, 2.24) is 10.2 Å². The van der Waals surface area contributed by atoms with Crippen molar-refractivity contribution in [2.75, 3.05) is 31.9 Å². The van der Waals surface area contributed by atoms with Gasteiger partial charge in [0.15, 0.2) is 0 Å². The van der Waals surface area contributed by atoms with E-state index in [2.05, 4.69) is 24.1 Å². The number of thioether (sulfide) groups is 1. The smallest absolute Gasteiger partial charge is 0.0791 e. The van der Waals surface area contributed by atoms with Crippen molar-refractivity contribution >= 4 is 11.8 Å². The van der Waals surface area contributed by atoms with Gasteiger partial charge in [0.1, 0.15) is 0 Å². The summed E-state index contributed by atoms with van der Waals surface area (Å²) in [6.07, 6.45) is 2.37. The number of β-amino-alcohol motifs (C(OH)–C–C–N with tert-alkyl or cyclic N) is 1. The largest absolute Gasteiger partial charge is 0.390 e. The minimum absolute atomic E-state index is 0.209. The SMILES string of the molecule is CC1(C)CN(CC(O)CNC2CC2)CCS1. The third-order valence-electron chi connectivity index (χ3n) is 3.19. The molecule has 2 rings (SSSR count). The number of hydrogen-bond acceptors (Lipinski definition) is 4. The van der Waals surface area contributed by atoms with E-state index in [1.165, 1.54) is 18.6 Å². The maximum absolute atomic E-state index is 9.94. The molecule has 0 radical (unpaired) electrons. The van der Waals surface area contributed by atoms with Crippen LogP contribution in [0.5, 0.6) is 0 Å². The first kappa shape index (κ1) is 12.7. The highest BCUT2D eigenvalue weighted by Gasteiger charge is 2.28. The third-order valence-corrected chi connectivity index (χ3v) is 4.49. The van der Waals surface area contributed by atoms with Gasteiger partial charge in [-0.25, -0.2) is 0 Å². The Labute approximate surface area is 103 Å². The number of nitrogens with one attached hydrogen (secondary N) is 1. The van der Waals surface area contributed by atoms with Crippen molar-refractivity contribution in [3.05, 3.63) is 0 Å². The standard InChI is InChI=1S/C12H24N2OS/c1-12(2)9-14(5-6-16-12)8-11(15)7-13-10-3-4-10/h10-11,13,15H,3-9H2,1-2H3. The summed E-state index contributed by atoms with van der Waals surface area (Å²) in [7, 11) is 0. The summed E-state index contributed by atoms with van der Waals surface area (Å²) in [6.45, 7) is 8.38. The van der Waals surface area contributed by atoms with Gasteiger partial charge in [-0.15, -0.1) is 0 Å². The first-order valence-corrected chi connectivity index (χ1v) is 7.31. The second kappa shape index (κ2) is 5.25. The van der Waals surface area contributed by atoms with Crippen molar-refractivity contribution in [3.63, 3.8) is 0 Å². The van der Waals surface area contributed by atoms with Gasteiger partial charge in [-0.05, 0) is 26.7 Å². The van der Waals surface area contributed by atoms with Crippen molar-refractivity contribution < 1.29 is 5.11 Å². The molecule has 3 nitrogen and oxygen atoms in total. The number of nitrogens with zero attached hydrogens (tertiary/aromatic N) is 1. The molecule has 1 aliphatic heterocycles. The summed E-state index contributed by atoms with van der Waals surface area (Å²) < 4.78 is 0.349. The van der Waals surface area contributed by atoms with Crippen LogP contribution in [0.3, 0.4) is 0 Å². The van der Waals surface area contributed by atoms with Crippen LogP contribution in [0.25, 0.3) is 0 Å². The molecule has 94 valence electrons. The van der Waals surface area contributed by atoms with Crippen molar-refractivity contribution in [1.29, 1.82) is 0 Å². The van der Waals surface area contributed by atoms with Gasteiger partial charge >= 0.3 is 0 Å². The Morgan fingerprint density at radius 2 is 2.25 bits per heavy atom. The van der Waals surface area contributed by atoms with Crippen LogP contribution in [0.15, 0.2) is 0 Å². The molecule has 1 atom stereocenters. The first-order valence-electron chi connectivity index (χ1n) is 6.33. The van der Waals surface area contributed by atoms with E-state index in [1.54, 1.807) is 0 Å².